The zero-order valence-electron chi connectivity index (χ0n) is 8.36. The van der Waals surface area contributed by atoms with Gasteiger partial charge < -0.3 is 4.98 Å². The Morgan fingerprint density at radius 2 is 2.25 bits per heavy atom. The molecule has 3 rings (SSSR count). The summed E-state index contributed by atoms with van der Waals surface area (Å²) in [5, 5.41) is 3.92. The van der Waals surface area contributed by atoms with Crippen molar-refractivity contribution in [2.24, 2.45) is 0 Å². The predicted octanol–water partition coefficient (Wildman–Crippen LogP) is 2.53. The van der Waals surface area contributed by atoms with Gasteiger partial charge in [0.05, 0.1) is 16.7 Å². The van der Waals surface area contributed by atoms with Gasteiger partial charge in [0.1, 0.15) is 10.7 Å². The second-order valence-electron chi connectivity index (χ2n) is 3.43. The lowest BCUT2D eigenvalue weighted by atomic mass is 10.3. The van der Waals surface area contributed by atoms with Crippen LogP contribution in [0.1, 0.15) is 5.69 Å². The van der Waals surface area contributed by atoms with Crippen molar-refractivity contribution < 1.29 is 4.39 Å². The molecule has 80 valence electrons. The van der Waals surface area contributed by atoms with Gasteiger partial charge in [0.25, 0.3) is 0 Å². The number of imidazole rings is 1. The first-order chi connectivity index (χ1) is 7.74. The molecule has 2 heterocycles. The molecule has 3 aromatic rings. The molecule has 0 unspecified atom stereocenters. The first-order valence-electron chi connectivity index (χ1n) is 4.68. The molecule has 0 radical (unpaired) electrons. The van der Waals surface area contributed by atoms with Gasteiger partial charge in [-0.1, -0.05) is 4.49 Å². The van der Waals surface area contributed by atoms with E-state index < -0.39 is 0 Å². The van der Waals surface area contributed by atoms with Gasteiger partial charge in [-0.2, -0.15) is 0 Å². The van der Waals surface area contributed by atoms with E-state index in [1.54, 1.807) is 6.07 Å². The van der Waals surface area contributed by atoms with Crippen LogP contribution in [0.5, 0.6) is 0 Å². The minimum Gasteiger partial charge on any atom is -0.337 e. The fraction of sp³-hybridized carbons (Fsp3) is 0.100. The summed E-state index contributed by atoms with van der Waals surface area (Å²) in [6.07, 6.45) is 0. The van der Waals surface area contributed by atoms with E-state index in [1.807, 2.05) is 6.92 Å². The van der Waals surface area contributed by atoms with Gasteiger partial charge in [0.15, 0.2) is 5.82 Å². The number of nitrogens with zero attached hydrogens (tertiary/aromatic N) is 3. The van der Waals surface area contributed by atoms with Crippen molar-refractivity contribution in [3.8, 4) is 10.7 Å². The van der Waals surface area contributed by atoms with Gasteiger partial charge in [-0.05, 0) is 36.7 Å². The van der Waals surface area contributed by atoms with Gasteiger partial charge in [0, 0.05) is 0 Å². The van der Waals surface area contributed by atoms with E-state index in [9.17, 15) is 4.39 Å². The fourth-order valence-corrected chi connectivity index (χ4v) is 2.14. The van der Waals surface area contributed by atoms with E-state index in [0.717, 1.165) is 16.1 Å². The highest BCUT2D eigenvalue weighted by atomic mass is 32.1. The summed E-state index contributed by atoms with van der Waals surface area (Å²) in [6, 6.07) is 4.47. The normalized spacial score (nSPS) is 11.1. The van der Waals surface area contributed by atoms with Crippen molar-refractivity contribution >= 4 is 22.6 Å². The molecule has 0 atom stereocenters. The van der Waals surface area contributed by atoms with Crippen LogP contribution in [-0.4, -0.2) is 19.6 Å². The molecule has 2 aromatic heterocycles. The highest BCUT2D eigenvalue weighted by Gasteiger charge is 2.11. The van der Waals surface area contributed by atoms with Crippen molar-refractivity contribution in [3.05, 3.63) is 29.7 Å². The van der Waals surface area contributed by atoms with Crippen molar-refractivity contribution in [3.63, 3.8) is 0 Å². The molecule has 1 N–H and O–H groups in total. The molecule has 0 saturated heterocycles. The quantitative estimate of drug-likeness (QED) is 0.704. The van der Waals surface area contributed by atoms with Crippen LogP contribution in [0.3, 0.4) is 0 Å². The second kappa shape index (κ2) is 3.34. The number of halogens is 1. The number of hydrogen-bond acceptors (Lipinski definition) is 4. The molecule has 0 aliphatic rings. The van der Waals surface area contributed by atoms with E-state index in [1.165, 1.54) is 23.7 Å². The summed E-state index contributed by atoms with van der Waals surface area (Å²) in [6.45, 7) is 1.87. The maximum Gasteiger partial charge on any atom is 0.152 e. The van der Waals surface area contributed by atoms with E-state index >= 15 is 0 Å². The number of aromatic nitrogens is 4. The summed E-state index contributed by atoms with van der Waals surface area (Å²) >= 11 is 1.27. The third-order valence-electron chi connectivity index (χ3n) is 2.31. The molecule has 4 nitrogen and oxygen atoms in total. The third kappa shape index (κ3) is 1.38. The van der Waals surface area contributed by atoms with Gasteiger partial charge in [-0.3, -0.25) is 0 Å². The first-order valence-corrected chi connectivity index (χ1v) is 5.46. The summed E-state index contributed by atoms with van der Waals surface area (Å²) in [5.41, 5.74) is 2.25. The summed E-state index contributed by atoms with van der Waals surface area (Å²) in [7, 11) is 0. The van der Waals surface area contributed by atoms with Crippen LogP contribution in [0.25, 0.3) is 21.7 Å². The Morgan fingerprint density at radius 1 is 1.38 bits per heavy atom. The molecule has 6 heteroatoms. The number of aryl methyl sites for hydroxylation is 1. The number of H-pyrrole nitrogens is 1. The number of hydrogen-bond donors (Lipinski definition) is 1. The number of rotatable bonds is 1. The monoisotopic (exact) mass is 234 g/mol. The number of nitrogens with one attached hydrogen (secondary N) is 1. The Hall–Kier alpha value is -1.82. The Bertz CT molecular complexity index is 658. The Kier molecular flexibility index (Phi) is 1.97. The third-order valence-corrected chi connectivity index (χ3v) is 3.15. The number of benzene rings is 1. The smallest absolute Gasteiger partial charge is 0.152 e. The molecule has 0 aliphatic heterocycles. The molecule has 0 spiro atoms. The average molecular weight is 234 g/mol. The maximum atomic E-state index is 13.0. The minimum atomic E-state index is -0.276. The summed E-state index contributed by atoms with van der Waals surface area (Å²) in [5.74, 6) is 0.412. The molecule has 1 aromatic carbocycles. The minimum absolute atomic E-state index is 0.276. The van der Waals surface area contributed by atoms with Crippen molar-refractivity contribution in [2.45, 2.75) is 6.92 Å². The van der Waals surface area contributed by atoms with Crippen LogP contribution in [0.4, 0.5) is 4.39 Å². The largest absolute Gasteiger partial charge is 0.337 e. The molecular formula is C10H7FN4S. The van der Waals surface area contributed by atoms with E-state index in [4.69, 9.17) is 0 Å². The average Bonchev–Trinajstić information content (AvgIpc) is 2.82. The summed E-state index contributed by atoms with van der Waals surface area (Å²) < 4.78 is 16.8. The standard InChI is InChI=1S/C10H7FN4S/c1-5-9(16-15-14-5)10-12-7-3-2-6(11)4-8(7)13-10/h2-4H,1H3,(H,12,13). The highest BCUT2D eigenvalue weighted by molar-refractivity contribution is 7.09. The molecule has 0 amide bonds. The summed E-state index contributed by atoms with van der Waals surface area (Å²) in [4.78, 5) is 8.31. The second-order valence-corrected chi connectivity index (χ2v) is 4.19. The van der Waals surface area contributed by atoms with Crippen molar-refractivity contribution in [2.75, 3.05) is 0 Å². The van der Waals surface area contributed by atoms with Gasteiger partial charge in [-0.15, -0.1) is 5.10 Å². The van der Waals surface area contributed by atoms with Crippen LogP contribution < -0.4 is 0 Å². The zero-order chi connectivity index (χ0) is 11.1. The molecule has 0 fully saturated rings. The van der Waals surface area contributed by atoms with E-state index in [-0.39, 0.29) is 5.82 Å². The van der Waals surface area contributed by atoms with E-state index in [0.29, 0.717) is 11.3 Å². The maximum absolute atomic E-state index is 13.0. The van der Waals surface area contributed by atoms with Crippen molar-refractivity contribution in [1.29, 1.82) is 0 Å². The van der Waals surface area contributed by atoms with Gasteiger partial charge in [0.2, 0.25) is 0 Å². The van der Waals surface area contributed by atoms with Crippen LogP contribution in [-0.2, 0) is 0 Å². The fourth-order valence-electron chi connectivity index (χ4n) is 1.54. The molecule has 0 bridgehead atoms. The topological polar surface area (TPSA) is 54.5 Å². The van der Waals surface area contributed by atoms with Crippen molar-refractivity contribution in [1.82, 2.24) is 19.6 Å². The number of aromatic amines is 1. The number of fused-ring (bicyclic) bond motifs is 1. The molecular weight excluding hydrogens is 227 g/mol. The SMILES string of the molecule is Cc1nnsc1-c1nc2ccc(F)cc2[nH]1. The van der Waals surface area contributed by atoms with Crippen LogP contribution in [0, 0.1) is 12.7 Å². The highest BCUT2D eigenvalue weighted by Crippen LogP contribution is 2.25. The molecule has 0 saturated carbocycles. The lowest BCUT2D eigenvalue weighted by Gasteiger charge is -1.88. The zero-order valence-corrected chi connectivity index (χ0v) is 9.18. The van der Waals surface area contributed by atoms with Gasteiger partial charge >= 0.3 is 0 Å². The first kappa shape index (κ1) is 9.41. The van der Waals surface area contributed by atoms with Gasteiger partial charge in [-0.25, -0.2) is 9.37 Å². The Morgan fingerprint density at radius 3 is 3.00 bits per heavy atom. The lowest BCUT2D eigenvalue weighted by molar-refractivity contribution is 0.629. The van der Waals surface area contributed by atoms with Crippen LogP contribution in [0.15, 0.2) is 18.2 Å². The van der Waals surface area contributed by atoms with Crippen LogP contribution in [0.2, 0.25) is 0 Å². The lowest BCUT2D eigenvalue weighted by Crippen LogP contribution is -1.79. The molecule has 16 heavy (non-hydrogen) atoms. The van der Waals surface area contributed by atoms with E-state index in [2.05, 4.69) is 19.6 Å². The Balaban J connectivity index is 2.23. The molecule has 0 aliphatic carbocycles. The van der Waals surface area contributed by atoms with Crippen LogP contribution >= 0.6 is 11.5 Å². The Labute approximate surface area is 94.3 Å². The predicted molar refractivity (Wildman–Crippen MR) is 59.7 cm³/mol.